The average molecular weight is 307 g/mol. The third-order valence-electron chi connectivity index (χ3n) is 3.01. The Labute approximate surface area is 106 Å². The van der Waals surface area contributed by atoms with Crippen LogP contribution < -0.4 is 0 Å². The van der Waals surface area contributed by atoms with Gasteiger partial charge in [-0.25, -0.2) is 0 Å². The maximum atomic E-state index is 5.81. The summed E-state index contributed by atoms with van der Waals surface area (Å²) in [6.45, 7) is 6.15. The van der Waals surface area contributed by atoms with Crippen molar-refractivity contribution in [1.82, 2.24) is 9.80 Å². The van der Waals surface area contributed by atoms with Gasteiger partial charge in [-0.05, 0) is 0 Å². The molecule has 2 fully saturated rings. The fourth-order valence-corrected chi connectivity index (χ4v) is 5.69. The van der Waals surface area contributed by atoms with Gasteiger partial charge in [0.25, 0.3) is 0 Å². The predicted octanol–water partition coefficient (Wildman–Crippen LogP) is -0.621. The molecule has 6 nitrogen and oxygen atoms in total. The molecule has 0 amide bonds. The maximum absolute atomic E-state index is 5.81. The van der Waals surface area contributed by atoms with E-state index < -0.39 is 14.6 Å². The van der Waals surface area contributed by atoms with Crippen molar-refractivity contribution in [3.63, 3.8) is 0 Å². The van der Waals surface area contributed by atoms with Crippen LogP contribution in [0.4, 0.5) is 0 Å². The predicted molar refractivity (Wildman–Crippen MR) is 64.6 cm³/mol. The van der Waals surface area contributed by atoms with Gasteiger partial charge in [-0.2, -0.15) is 0 Å². The van der Waals surface area contributed by atoms with Crippen LogP contribution in [0, 0.1) is 0 Å². The Morgan fingerprint density at radius 1 is 0.647 bits per heavy atom. The van der Waals surface area contributed by atoms with Crippen LogP contribution in [0.1, 0.15) is 0 Å². The molecule has 100 valence electrons. The second-order valence-corrected chi connectivity index (χ2v) is 9.02. The quantitative estimate of drug-likeness (QED) is 0.556. The van der Waals surface area contributed by atoms with Crippen molar-refractivity contribution < 1.29 is 15.1 Å². The minimum atomic E-state index is -3.40. The molecular weight excluding hydrogens is 285 g/mol. The second-order valence-electron chi connectivity index (χ2n) is 4.50. The Hall–Kier alpha value is 0.303. The van der Waals surface area contributed by atoms with Gasteiger partial charge in [0.2, 0.25) is 0 Å². The monoisotopic (exact) mass is 308 g/mol. The molecule has 0 aromatic heterocycles. The van der Waals surface area contributed by atoms with Crippen molar-refractivity contribution in [2.24, 2.45) is 0 Å². The summed E-state index contributed by atoms with van der Waals surface area (Å²) in [5.41, 5.74) is 0. The Morgan fingerprint density at radius 3 is 1.24 bits per heavy atom. The zero-order chi connectivity index (χ0) is 12.1. The Kier molecular flexibility index (Phi) is 5.22. The molecule has 0 bridgehead atoms. The molecule has 0 aliphatic carbocycles. The molecule has 0 unspecified atom stereocenters. The molecule has 2 aliphatic rings. The molecule has 0 aromatic rings. The van der Waals surface area contributed by atoms with Crippen LogP contribution in [0.15, 0.2) is 0 Å². The molecule has 2 heterocycles. The SMILES string of the molecule is CN1CC[O][Ge]2([O]CC1)[O]CCN(C)CC[O]2. The summed E-state index contributed by atoms with van der Waals surface area (Å²) in [7, 11) is 4.12. The van der Waals surface area contributed by atoms with E-state index in [2.05, 4.69) is 23.9 Å². The van der Waals surface area contributed by atoms with Gasteiger partial charge >= 0.3 is 106 Å². The molecule has 2 aliphatic heterocycles. The first-order chi connectivity index (χ1) is 8.20. The zero-order valence-electron chi connectivity index (χ0n) is 10.7. The number of nitrogens with zero attached hydrogens (tertiary/aromatic N) is 2. The molecule has 2 saturated heterocycles. The standard InChI is InChI=1S/C10H22GeN2O4/c1-12-3-7-14-11(15-8-4-12)16-9-5-13(2)6-10-17-11/h3-10H2,1-2H3. The van der Waals surface area contributed by atoms with Crippen LogP contribution in [0.25, 0.3) is 0 Å². The first-order valence-corrected chi connectivity index (χ1v) is 9.56. The molecule has 1 spiro atoms. The molecule has 0 atom stereocenters. The fourth-order valence-electron chi connectivity index (χ4n) is 1.78. The summed E-state index contributed by atoms with van der Waals surface area (Å²) in [4.78, 5) is 4.37. The first-order valence-electron chi connectivity index (χ1n) is 6.13. The molecule has 0 radical (unpaired) electrons. The summed E-state index contributed by atoms with van der Waals surface area (Å²) in [5, 5.41) is 0. The summed E-state index contributed by atoms with van der Waals surface area (Å²) >= 11 is -3.40. The topological polar surface area (TPSA) is 43.4 Å². The zero-order valence-corrected chi connectivity index (χ0v) is 12.8. The van der Waals surface area contributed by atoms with E-state index in [1.807, 2.05) is 0 Å². The van der Waals surface area contributed by atoms with E-state index in [1.165, 1.54) is 0 Å². The van der Waals surface area contributed by atoms with Crippen molar-refractivity contribution >= 4 is 14.6 Å². The van der Waals surface area contributed by atoms with E-state index in [9.17, 15) is 0 Å². The van der Waals surface area contributed by atoms with Gasteiger partial charge in [0.05, 0.1) is 0 Å². The third kappa shape index (κ3) is 4.16. The van der Waals surface area contributed by atoms with Crippen LogP contribution in [0.3, 0.4) is 0 Å². The second kappa shape index (κ2) is 6.46. The van der Waals surface area contributed by atoms with Gasteiger partial charge < -0.3 is 0 Å². The van der Waals surface area contributed by atoms with Gasteiger partial charge in [0.15, 0.2) is 0 Å². The Morgan fingerprint density at radius 2 is 0.941 bits per heavy atom. The van der Waals surface area contributed by atoms with Crippen LogP contribution >= 0.6 is 0 Å². The van der Waals surface area contributed by atoms with Gasteiger partial charge in [0.1, 0.15) is 0 Å². The average Bonchev–Trinajstić information content (AvgIpc) is 2.23. The Balaban J connectivity index is 1.91. The van der Waals surface area contributed by atoms with E-state index in [-0.39, 0.29) is 0 Å². The normalized spacial score (nSPS) is 29.3. The van der Waals surface area contributed by atoms with Gasteiger partial charge in [0, 0.05) is 0 Å². The molecule has 0 saturated carbocycles. The summed E-state index contributed by atoms with van der Waals surface area (Å²) in [6, 6.07) is 0. The molecule has 0 aromatic carbocycles. The Bertz CT molecular complexity index is 197. The number of hydrogen-bond acceptors (Lipinski definition) is 6. The third-order valence-corrected chi connectivity index (χ3v) is 7.69. The van der Waals surface area contributed by atoms with Crippen molar-refractivity contribution in [2.75, 3.05) is 66.7 Å². The molecular formula is C10H22GeN2O4. The van der Waals surface area contributed by atoms with Gasteiger partial charge in [-0.1, -0.05) is 0 Å². The van der Waals surface area contributed by atoms with Crippen molar-refractivity contribution in [3.05, 3.63) is 0 Å². The van der Waals surface area contributed by atoms with Gasteiger partial charge in [-0.3, -0.25) is 0 Å². The van der Waals surface area contributed by atoms with E-state index in [1.54, 1.807) is 0 Å². The molecule has 7 heteroatoms. The fraction of sp³-hybridized carbons (Fsp3) is 1.00. The molecule has 2 rings (SSSR count). The summed E-state index contributed by atoms with van der Waals surface area (Å²) in [6.07, 6.45) is 0. The first kappa shape index (κ1) is 13.7. The van der Waals surface area contributed by atoms with E-state index in [0.717, 1.165) is 26.2 Å². The van der Waals surface area contributed by atoms with E-state index >= 15 is 0 Å². The van der Waals surface area contributed by atoms with Crippen molar-refractivity contribution in [1.29, 1.82) is 0 Å². The number of likely N-dealkylation sites (N-methyl/N-ethyl adjacent to an activating group) is 2. The molecule has 0 N–H and O–H groups in total. The number of rotatable bonds is 0. The van der Waals surface area contributed by atoms with Crippen molar-refractivity contribution in [2.45, 2.75) is 0 Å². The van der Waals surface area contributed by atoms with E-state index in [4.69, 9.17) is 15.1 Å². The molecule has 17 heavy (non-hydrogen) atoms. The van der Waals surface area contributed by atoms with Crippen LogP contribution in [-0.4, -0.2) is 91.1 Å². The summed E-state index contributed by atoms with van der Waals surface area (Å²) in [5.74, 6) is 0. The van der Waals surface area contributed by atoms with Crippen LogP contribution in [-0.2, 0) is 15.1 Å². The van der Waals surface area contributed by atoms with Crippen LogP contribution in [0.2, 0.25) is 0 Å². The number of hydrogen-bond donors (Lipinski definition) is 0. The van der Waals surface area contributed by atoms with Gasteiger partial charge in [-0.15, -0.1) is 0 Å². The minimum absolute atomic E-state index is 0.631. The van der Waals surface area contributed by atoms with E-state index in [0.29, 0.717) is 26.4 Å². The van der Waals surface area contributed by atoms with Crippen molar-refractivity contribution in [3.8, 4) is 0 Å². The van der Waals surface area contributed by atoms with Crippen LogP contribution in [0.5, 0.6) is 0 Å². The summed E-state index contributed by atoms with van der Waals surface area (Å²) < 4.78 is 23.3.